The highest BCUT2D eigenvalue weighted by atomic mass is 32.2. The number of ketones is 1. The molecule has 5 heteroatoms. The zero-order chi connectivity index (χ0) is 16.3. The van der Waals surface area contributed by atoms with Crippen LogP contribution in [-0.4, -0.2) is 21.6 Å². The maximum absolute atomic E-state index is 11.6. The number of aryl methyl sites for hydroxylation is 1. The van der Waals surface area contributed by atoms with Crippen molar-refractivity contribution in [2.45, 2.75) is 32.9 Å². The van der Waals surface area contributed by atoms with Gasteiger partial charge in [0.2, 0.25) is 0 Å². The lowest BCUT2D eigenvalue weighted by atomic mass is 10.2. The number of para-hydroxylation sites is 2. The number of thioether (sulfide) groups is 1. The Morgan fingerprint density at radius 1 is 1.27 bits per heavy atom. The summed E-state index contributed by atoms with van der Waals surface area (Å²) in [5, 5.41) is 1.99. The SMILES string of the molecule is CC.CSc1nc2ccccc2n1-c1cc(C)c(C(C)=O)s1. The predicted molar refractivity (Wildman–Crippen MR) is 96.8 cm³/mol. The van der Waals surface area contributed by atoms with E-state index in [2.05, 4.69) is 21.7 Å². The van der Waals surface area contributed by atoms with E-state index in [-0.39, 0.29) is 5.78 Å². The number of aromatic nitrogens is 2. The molecular weight excluding hydrogens is 312 g/mol. The molecule has 116 valence electrons. The van der Waals surface area contributed by atoms with Gasteiger partial charge >= 0.3 is 0 Å². The van der Waals surface area contributed by atoms with Crippen molar-refractivity contribution in [3.8, 4) is 5.00 Å². The summed E-state index contributed by atoms with van der Waals surface area (Å²) in [6.45, 7) is 7.60. The lowest BCUT2D eigenvalue weighted by Gasteiger charge is -2.03. The van der Waals surface area contributed by atoms with E-state index in [9.17, 15) is 4.79 Å². The Bertz CT molecular complexity index is 802. The fourth-order valence-electron chi connectivity index (χ4n) is 2.28. The van der Waals surface area contributed by atoms with Crippen LogP contribution >= 0.6 is 23.1 Å². The molecule has 0 amide bonds. The van der Waals surface area contributed by atoms with Crippen LogP contribution in [0.1, 0.15) is 36.0 Å². The number of imidazole rings is 1. The maximum atomic E-state index is 11.6. The van der Waals surface area contributed by atoms with E-state index in [1.165, 1.54) is 11.3 Å². The molecule has 0 bridgehead atoms. The molecule has 22 heavy (non-hydrogen) atoms. The van der Waals surface area contributed by atoms with Crippen molar-refractivity contribution in [3.63, 3.8) is 0 Å². The first-order chi connectivity index (χ1) is 10.6. The van der Waals surface area contributed by atoms with Crippen LogP contribution in [0.5, 0.6) is 0 Å². The average molecular weight is 332 g/mol. The molecule has 3 nitrogen and oxygen atoms in total. The van der Waals surface area contributed by atoms with E-state index in [0.717, 1.165) is 31.6 Å². The average Bonchev–Trinajstić information content (AvgIpc) is 3.09. The third-order valence-corrected chi connectivity index (χ3v) is 5.12. The zero-order valence-corrected chi connectivity index (χ0v) is 15.1. The van der Waals surface area contributed by atoms with Crippen LogP contribution in [0, 0.1) is 6.92 Å². The smallest absolute Gasteiger partial charge is 0.174 e. The number of rotatable bonds is 3. The summed E-state index contributed by atoms with van der Waals surface area (Å²) >= 11 is 3.14. The van der Waals surface area contributed by atoms with Crippen LogP contribution in [0.2, 0.25) is 0 Å². The van der Waals surface area contributed by atoms with Crippen molar-refractivity contribution in [2.24, 2.45) is 0 Å². The standard InChI is InChI=1S/C15H14N2OS2.C2H6/c1-9-8-13(20-14(9)10(2)18)17-12-7-5-4-6-11(12)16-15(17)19-3;1-2/h4-8H,1-3H3;1-2H3. The van der Waals surface area contributed by atoms with Gasteiger partial charge in [-0.15, -0.1) is 11.3 Å². The fourth-order valence-corrected chi connectivity index (χ4v) is 3.99. The summed E-state index contributed by atoms with van der Waals surface area (Å²) in [4.78, 5) is 17.1. The van der Waals surface area contributed by atoms with Crippen molar-refractivity contribution in [1.82, 2.24) is 9.55 Å². The van der Waals surface area contributed by atoms with Gasteiger partial charge in [-0.2, -0.15) is 0 Å². The molecule has 3 aromatic rings. The second-order valence-corrected chi connectivity index (χ2v) is 6.38. The van der Waals surface area contributed by atoms with Gasteiger partial charge in [0.1, 0.15) is 5.00 Å². The molecule has 0 unspecified atom stereocenters. The molecular formula is C17H20N2OS2. The molecule has 0 saturated carbocycles. The topological polar surface area (TPSA) is 34.9 Å². The summed E-state index contributed by atoms with van der Waals surface area (Å²) < 4.78 is 2.13. The number of benzene rings is 1. The predicted octanol–water partition coefficient (Wildman–Crippen LogP) is 5.35. The number of hydrogen-bond acceptors (Lipinski definition) is 4. The minimum atomic E-state index is 0.119. The van der Waals surface area contributed by atoms with E-state index in [1.807, 2.05) is 45.2 Å². The lowest BCUT2D eigenvalue weighted by molar-refractivity contribution is 0.102. The van der Waals surface area contributed by atoms with Gasteiger partial charge in [-0.1, -0.05) is 37.7 Å². The summed E-state index contributed by atoms with van der Waals surface area (Å²) in [7, 11) is 0. The second-order valence-electron chi connectivity index (χ2n) is 4.58. The number of carbonyl (C=O) groups excluding carboxylic acids is 1. The van der Waals surface area contributed by atoms with Crippen molar-refractivity contribution < 1.29 is 4.79 Å². The Labute approximate surface area is 139 Å². The van der Waals surface area contributed by atoms with Gasteiger partial charge < -0.3 is 0 Å². The minimum Gasteiger partial charge on any atom is -0.294 e. The van der Waals surface area contributed by atoms with Crippen LogP contribution < -0.4 is 0 Å². The third kappa shape index (κ3) is 2.96. The van der Waals surface area contributed by atoms with Crippen molar-refractivity contribution >= 4 is 39.9 Å². The van der Waals surface area contributed by atoms with Gasteiger partial charge in [0.05, 0.1) is 15.9 Å². The number of nitrogens with zero attached hydrogens (tertiary/aromatic N) is 2. The molecule has 0 aliphatic carbocycles. The van der Waals surface area contributed by atoms with Crippen molar-refractivity contribution in [2.75, 3.05) is 6.26 Å². The van der Waals surface area contributed by atoms with Crippen molar-refractivity contribution in [3.05, 3.63) is 40.8 Å². The first kappa shape index (κ1) is 16.8. The second kappa shape index (κ2) is 7.11. The molecule has 0 radical (unpaired) electrons. The van der Waals surface area contributed by atoms with Gasteiger partial charge in [-0.3, -0.25) is 9.36 Å². The lowest BCUT2D eigenvalue weighted by Crippen LogP contribution is -1.92. The van der Waals surface area contributed by atoms with Gasteiger partial charge in [0.15, 0.2) is 10.9 Å². The van der Waals surface area contributed by atoms with E-state index in [4.69, 9.17) is 0 Å². The normalized spacial score (nSPS) is 10.4. The van der Waals surface area contributed by atoms with E-state index in [0.29, 0.717) is 0 Å². The van der Waals surface area contributed by atoms with E-state index in [1.54, 1.807) is 18.7 Å². The molecule has 2 aromatic heterocycles. The molecule has 0 fully saturated rings. The number of fused-ring (bicyclic) bond motifs is 1. The zero-order valence-electron chi connectivity index (χ0n) is 13.5. The number of hydrogen-bond donors (Lipinski definition) is 0. The molecule has 0 atom stereocenters. The molecule has 1 aromatic carbocycles. The maximum Gasteiger partial charge on any atom is 0.174 e. The van der Waals surface area contributed by atoms with Crippen LogP contribution in [0.4, 0.5) is 0 Å². The van der Waals surface area contributed by atoms with Crippen LogP contribution in [0.3, 0.4) is 0 Å². The van der Waals surface area contributed by atoms with E-state index < -0.39 is 0 Å². The largest absolute Gasteiger partial charge is 0.294 e. The first-order valence-electron chi connectivity index (χ1n) is 7.25. The Morgan fingerprint density at radius 2 is 1.95 bits per heavy atom. The minimum absolute atomic E-state index is 0.119. The van der Waals surface area contributed by atoms with E-state index >= 15 is 0 Å². The van der Waals surface area contributed by atoms with Crippen LogP contribution in [0.25, 0.3) is 16.0 Å². The van der Waals surface area contributed by atoms with Gasteiger partial charge in [0.25, 0.3) is 0 Å². The summed E-state index contributed by atoms with van der Waals surface area (Å²) in [5.74, 6) is 0.119. The summed E-state index contributed by atoms with van der Waals surface area (Å²) in [6, 6.07) is 10.1. The number of carbonyl (C=O) groups is 1. The fraction of sp³-hybridized carbons (Fsp3) is 0.294. The Balaban J connectivity index is 0.000000847. The monoisotopic (exact) mass is 332 g/mol. The molecule has 3 rings (SSSR count). The number of thiophene rings is 1. The Kier molecular flexibility index (Phi) is 5.42. The van der Waals surface area contributed by atoms with Crippen molar-refractivity contribution in [1.29, 1.82) is 0 Å². The molecule has 0 saturated heterocycles. The molecule has 0 N–H and O–H groups in total. The Morgan fingerprint density at radius 3 is 2.55 bits per heavy atom. The third-order valence-electron chi connectivity index (χ3n) is 3.16. The summed E-state index contributed by atoms with van der Waals surface area (Å²) in [5.41, 5.74) is 3.09. The van der Waals surface area contributed by atoms with Crippen LogP contribution in [-0.2, 0) is 0 Å². The van der Waals surface area contributed by atoms with Gasteiger partial charge in [-0.05, 0) is 43.9 Å². The van der Waals surface area contributed by atoms with Gasteiger partial charge in [-0.25, -0.2) is 4.98 Å². The molecule has 0 spiro atoms. The highest BCUT2D eigenvalue weighted by Gasteiger charge is 2.16. The molecule has 2 heterocycles. The molecule has 0 aliphatic rings. The molecule has 0 aliphatic heterocycles. The first-order valence-corrected chi connectivity index (χ1v) is 9.29. The highest BCUT2D eigenvalue weighted by Crippen LogP contribution is 2.32. The highest BCUT2D eigenvalue weighted by molar-refractivity contribution is 7.98. The van der Waals surface area contributed by atoms with Gasteiger partial charge in [0, 0.05) is 0 Å². The summed E-state index contributed by atoms with van der Waals surface area (Å²) in [6.07, 6.45) is 2.02. The number of Topliss-reactive ketones (excluding diaryl/α,β-unsaturated/α-hetero) is 1. The quantitative estimate of drug-likeness (QED) is 0.479. The van der Waals surface area contributed by atoms with Crippen LogP contribution in [0.15, 0.2) is 35.5 Å². The Hall–Kier alpha value is -1.59.